The Hall–Kier alpha value is -2.48. The van der Waals surface area contributed by atoms with Crippen LogP contribution in [0.3, 0.4) is 0 Å². The number of hydrogen-bond acceptors (Lipinski definition) is 5. The average Bonchev–Trinajstić information content (AvgIpc) is 3.31. The van der Waals surface area contributed by atoms with Gasteiger partial charge in [0, 0.05) is 42.7 Å². The predicted octanol–water partition coefficient (Wildman–Crippen LogP) is 1.41. The fourth-order valence-electron chi connectivity index (χ4n) is 2.22. The predicted molar refractivity (Wildman–Crippen MR) is 97.7 cm³/mol. The smallest absolute Gasteiger partial charge is 0.0921 e. The number of aromatic nitrogens is 4. The van der Waals surface area contributed by atoms with Crippen molar-refractivity contribution in [2.45, 2.75) is 25.5 Å². The van der Waals surface area contributed by atoms with Crippen LogP contribution in [0, 0.1) is 0 Å². The molecule has 0 fully saturated rings. The van der Waals surface area contributed by atoms with Crippen molar-refractivity contribution in [3.8, 4) is 0 Å². The van der Waals surface area contributed by atoms with E-state index < -0.39 is 0 Å². The Morgan fingerprint density at radius 2 is 1.68 bits per heavy atom. The standard InChI is InChI=1S/C13H17N3O.C5H9N3/c14-12(6-13-7-15-10-16-13)9-17-8-11-4-2-1-3-5-11;6-2-1-5-3-7-4-8-5/h1-5,7,10,12H,6,8-9,14H2,(H,15,16);3-4H,1-2,6H2,(H,7,8)/t12-;/m0./s1. The van der Waals surface area contributed by atoms with Gasteiger partial charge in [0.1, 0.15) is 0 Å². The number of hydrogen-bond donors (Lipinski definition) is 4. The molecule has 3 rings (SSSR count). The highest BCUT2D eigenvalue weighted by Crippen LogP contribution is 2.02. The van der Waals surface area contributed by atoms with E-state index in [0.717, 1.165) is 24.2 Å². The van der Waals surface area contributed by atoms with Gasteiger partial charge in [0.25, 0.3) is 0 Å². The zero-order valence-electron chi connectivity index (χ0n) is 14.3. The lowest BCUT2D eigenvalue weighted by atomic mass is 10.2. The molecule has 134 valence electrons. The SMILES string of the molecule is NCCc1cnc[nH]1.N[C@H](COCc1ccccc1)Cc1cnc[nH]1. The zero-order valence-corrected chi connectivity index (χ0v) is 14.3. The fraction of sp³-hybridized carbons (Fsp3) is 0.333. The van der Waals surface area contributed by atoms with E-state index in [9.17, 15) is 0 Å². The molecule has 1 atom stereocenters. The summed E-state index contributed by atoms with van der Waals surface area (Å²) < 4.78 is 5.57. The molecular formula is C18H26N6O. The largest absolute Gasteiger partial charge is 0.375 e. The maximum absolute atomic E-state index is 5.96. The summed E-state index contributed by atoms with van der Waals surface area (Å²) in [6.07, 6.45) is 8.54. The summed E-state index contributed by atoms with van der Waals surface area (Å²) >= 11 is 0. The average molecular weight is 342 g/mol. The topological polar surface area (TPSA) is 119 Å². The van der Waals surface area contributed by atoms with Crippen molar-refractivity contribution in [2.75, 3.05) is 13.2 Å². The molecule has 7 heteroatoms. The van der Waals surface area contributed by atoms with Crippen LogP contribution in [-0.4, -0.2) is 39.1 Å². The monoisotopic (exact) mass is 342 g/mol. The van der Waals surface area contributed by atoms with E-state index in [1.165, 1.54) is 5.56 Å². The van der Waals surface area contributed by atoms with Crippen molar-refractivity contribution in [3.63, 3.8) is 0 Å². The third-order valence-electron chi connectivity index (χ3n) is 3.45. The summed E-state index contributed by atoms with van der Waals surface area (Å²) in [7, 11) is 0. The van der Waals surface area contributed by atoms with E-state index in [1.807, 2.05) is 30.3 Å². The second kappa shape index (κ2) is 11.1. The Kier molecular flexibility index (Phi) is 8.40. The number of H-pyrrole nitrogens is 2. The maximum Gasteiger partial charge on any atom is 0.0921 e. The number of ether oxygens (including phenoxy) is 1. The first kappa shape index (κ1) is 18.9. The summed E-state index contributed by atoms with van der Waals surface area (Å²) in [4.78, 5) is 13.8. The summed E-state index contributed by atoms with van der Waals surface area (Å²) in [5.41, 5.74) is 14.5. The van der Waals surface area contributed by atoms with Gasteiger partial charge in [-0.15, -0.1) is 0 Å². The van der Waals surface area contributed by atoms with E-state index in [0.29, 0.717) is 19.8 Å². The quantitative estimate of drug-likeness (QED) is 0.493. The number of aromatic amines is 2. The minimum atomic E-state index is -0.000776. The van der Waals surface area contributed by atoms with Crippen LogP contribution in [0.25, 0.3) is 0 Å². The molecule has 2 aromatic heterocycles. The van der Waals surface area contributed by atoms with Crippen molar-refractivity contribution in [2.24, 2.45) is 11.5 Å². The molecule has 2 heterocycles. The van der Waals surface area contributed by atoms with Gasteiger partial charge in [0.15, 0.2) is 0 Å². The molecular weight excluding hydrogens is 316 g/mol. The third kappa shape index (κ3) is 7.75. The molecule has 0 bridgehead atoms. The molecule has 0 unspecified atom stereocenters. The van der Waals surface area contributed by atoms with Crippen LogP contribution in [0.1, 0.15) is 17.0 Å². The Morgan fingerprint density at radius 3 is 2.28 bits per heavy atom. The molecule has 0 saturated carbocycles. The van der Waals surface area contributed by atoms with Crippen LogP contribution in [0.5, 0.6) is 0 Å². The van der Waals surface area contributed by atoms with Gasteiger partial charge in [-0.05, 0) is 12.1 Å². The lowest BCUT2D eigenvalue weighted by Crippen LogP contribution is -2.28. The molecule has 1 aromatic carbocycles. The lowest BCUT2D eigenvalue weighted by molar-refractivity contribution is 0.107. The molecule has 7 nitrogen and oxygen atoms in total. The van der Waals surface area contributed by atoms with E-state index >= 15 is 0 Å². The van der Waals surface area contributed by atoms with Gasteiger partial charge in [-0.25, -0.2) is 9.97 Å². The van der Waals surface area contributed by atoms with E-state index in [-0.39, 0.29) is 6.04 Å². The van der Waals surface area contributed by atoms with Crippen LogP contribution >= 0.6 is 0 Å². The molecule has 25 heavy (non-hydrogen) atoms. The van der Waals surface area contributed by atoms with Crippen molar-refractivity contribution in [1.82, 2.24) is 19.9 Å². The summed E-state index contributed by atoms with van der Waals surface area (Å²) in [5, 5.41) is 0. The summed E-state index contributed by atoms with van der Waals surface area (Å²) in [5.74, 6) is 0. The molecule has 0 amide bonds. The maximum atomic E-state index is 5.96. The molecule has 0 aliphatic rings. The van der Waals surface area contributed by atoms with Crippen LogP contribution in [-0.2, 0) is 24.2 Å². The first-order valence-corrected chi connectivity index (χ1v) is 8.29. The van der Waals surface area contributed by atoms with Crippen molar-refractivity contribution in [3.05, 3.63) is 72.3 Å². The zero-order chi connectivity index (χ0) is 17.7. The van der Waals surface area contributed by atoms with Gasteiger partial charge in [0.05, 0.1) is 25.9 Å². The van der Waals surface area contributed by atoms with Gasteiger partial charge >= 0.3 is 0 Å². The second-order valence-electron chi connectivity index (χ2n) is 5.66. The molecule has 0 aliphatic carbocycles. The highest BCUT2D eigenvalue weighted by molar-refractivity contribution is 5.13. The van der Waals surface area contributed by atoms with Crippen molar-refractivity contribution >= 4 is 0 Å². The number of benzene rings is 1. The molecule has 3 aromatic rings. The summed E-state index contributed by atoms with van der Waals surface area (Å²) in [6, 6.07) is 10.1. The second-order valence-corrected chi connectivity index (χ2v) is 5.66. The number of nitrogens with one attached hydrogen (secondary N) is 2. The lowest BCUT2D eigenvalue weighted by Gasteiger charge is -2.11. The van der Waals surface area contributed by atoms with Gasteiger partial charge in [-0.2, -0.15) is 0 Å². The highest BCUT2D eigenvalue weighted by Gasteiger charge is 2.05. The van der Waals surface area contributed by atoms with Crippen LogP contribution in [0.15, 0.2) is 55.4 Å². The van der Waals surface area contributed by atoms with Crippen molar-refractivity contribution in [1.29, 1.82) is 0 Å². The van der Waals surface area contributed by atoms with E-state index in [4.69, 9.17) is 16.2 Å². The normalized spacial score (nSPS) is 11.6. The first-order chi connectivity index (χ1) is 12.3. The van der Waals surface area contributed by atoms with Gasteiger partial charge in [-0.3, -0.25) is 0 Å². The Balaban J connectivity index is 0.000000236. The fourth-order valence-corrected chi connectivity index (χ4v) is 2.22. The van der Waals surface area contributed by atoms with Gasteiger partial charge < -0.3 is 26.2 Å². The van der Waals surface area contributed by atoms with Crippen LogP contribution < -0.4 is 11.5 Å². The third-order valence-corrected chi connectivity index (χ3v) is 3.45. The molecule has 0 spiro atoms. The van der Waals surface area contributed by atoms with Crippen LogP contribution in [0.2, 0.25) is 0 Å². The molecule has 0 radical (unpaired) electrons. The Labute approximate surface area is 147 Å². The first-order valence-electron chi connectivity index (χ1n) is 8.29. The minimum Gasteiger partial charge on any atom is -0.375 e. The highest BCUT2D eigenvalue weighted by atomic mass is 16.5. The van der Waals surface area contributed by atoms with Gasteiger partial charge in [-0.1, -0.05) is 30.3 Å². The summed E-state index contributed by atoms with van der Waals surface area (Å²) in [6.45, 7) is 1.84. The Morgan fingerprint density at radius 1 is 1.00 bits per heavy atom. The van der Waals surface area contributed by atoms with E-state index in [1.54, 1.807) is 25.0 Å². The number of rotatable bonds is 8. The Bertz CT molecular complexity index is 654. The number of nitrogens with zero attached hydrogens (tertiary/aromatic N) is 2. The molecule has 0 saturated heterocycles. The minimum absolute atomic E-state index is 0.000776. The van der Waals surface area contributed by atoms with Crippen LogP contribution in [0.4, 0.5) is 0 Å². The number of nitrogens with two attached hydrogens (primary N) is 2. The van der Waals surface area contributed by atoms with E-state index in [2.05, 4.69) is 19.9 Å². The van der Waals surface area contributed by atoms with Crippen molar-refractivity contribution < 1.29 is 4.74 Å². The molecule has 0 aliphatic heterocycles. The number of imidazole rings is 2. The van der Waals surface area contributed by atoms with Gasteiger partial charge in [0.2, 0.25) is 0 Å². The molecule has 6 N–H and O–H groups in total.